The molecule has 8 heteroatoms. The van der Waals surface area contributed by atoms with Gasteiger partial charge in [0, 0.05) is 24.7 Å². The van der Waals surface area contributed by atoms with Crippen LogP contribution < -0.4 is 21.1 Å². The number of carbonyl (C=O) groups is 2. The number of hydrogen-bond acceptors (Lipinski definition) is 5. The van der Waals surface area contributed by atoms with E-state index in [9.17, 15) is 14.4 Å². The maximum atomic E-state index is 12.9. The van der Waals surface area contributed by atoms with Crippen LogP contribution in [0, 0.1) is 0 Å². The molecule has 2 unspecified atom stereocenters. The summed E-state index contributed by atoms with van der Waals surface area (Å²) in [6.45, 7) is 2.93. The first-order valence-electron chi connectivity index (χ1n) is 10.1. The molecule has 4 rings (SSSR count). The lowest BCUT2D eigenvalue weighted by molar-refractivity contribution is -0.123. The van der Waals surface area contributed by atoms with E-state index in [1.165, 1.54) is 0 Å². The Kier molecular flexibility index (Phi) is 5.33. The molecule has 152 valence electrons. The number of amides is 2. The molecule has 0 saturated carbocycles. The van der Waals surface area contributed by atoms with Crippen LogP contribution in [0.25, 0.3) is 0 Å². The Balaban J connectivity index is 1.67. The van der Waals surface area contributed by atoms with E-state index in [0.717, 1.165) is 32.2 Å². The van der Waals surface area contributed by atoms with Gasteiger partial charge in [-0.15, -0.1) is 0 Å². The first-order valence-corrected chi connectivity index (χ1v) is 10.1. The normalized spacial score (nSPS) is 21.3. The van der Waals surface area contributed by atoms with Gasteiger partial charge in [0.25, 0.3) is 5.56 Å². The smallest absolute Gasteiger partial charge is 0.258 e. The molecular weight excluding hydrogens is 370 g/mol. The molecule has 29 heavy (non-hydrogen) atoms. The van der Waals surface area contributed by atoms with Crippen LogP contribution in [0.1, 0.15) is 50.5 Å². The number of benzene rings is 1. The van der Waals surface area contributed by atoms with Crippen LogP contribution in [0.2, 0.25) is 0 Å². The number of carbonyl (C=O) groups excluding carboxylic acids is 2. The number of piperidine rings is 1. The van der Waals surface area contributed by atoms with Crippen molar-refractivity contribution in [2.45, 2.75) is 51.0 Å². The highest BCUT2D eigenvalue weighted by Gasteiger charge is 2.35. The van der Waals surface area contributed by atoms with Gasteiger partial charge in [0.1, 0.15) is 5.82 Å². The Bertz CT molecular complexity index is 972. The van der Waals surface area contributed by atoms with Gasteiger partial charge < -0.3 is 15.5 Å². The van der Waals surface area contributed by atoms with Gasteiger partial charge in [-0.05, 0) is 37.8 Å². The van der Waals surface area contributed by atoms with E-state index in [2.05, 4.69) is 32.4 Å². The van der Waals surface area contributed by atoms with E-state index >= 15 is 0 Å². The van der Waals surface area contributed by atoms with Gasteiger partial charge in [0.05, 0.1) is 11.5 Å². The topological polar surface area (TPSA) is 107 Å². The van der Waals surface area contributed by atoms with Gasteiger partial charge in [-0.25, -0.2) is 0 Å². The molecule has 2 aliphatic heterocycles. The summed E-state index contributed by atoms with van der Waals surface area (Å²) in [5.41, 5.74) is 0.454. The number of anilines is 3. The lowest BCUT2D eigenvalue weighted by Gasteiger charge is -2.36. The van der Waals surface area contributed by atoms with Crippen LogP contribution in [0.3, 0.4) is 0 Å². The van der Waals surface area contributed by atoms with Crippen LogP contribution >= 0.6 is 0 Å². The van der Waals surface area contributed by atoms with E-state index < -0.39 is 11.8 Å². The van der Waals surface area contributed by atoms with Crippen LogP contribution in [-0.4, -0.2) is 34.4 Å². The quantitative estimate of drug-likeness (QED) is 0.738. The van der Waals surface area contributed by atoms with Gasteiger partial charge in [-0.2, -0.15) is 4.98 Å². The third-order valence-corrected chi connectivity index (χ3v) is 5.67. The molecule has 3 heterocycles. The summed E-state index contributed by atoms with van der Waals surface area (Å²) in [5.74, 6) is -0.942. The Morgan fingerprint density at radius 3 is 2.79 bits per heavy atom. The maximum absolute atomic E-state index is 12.9. The number of H-pyrrole nitrogens is 1. The standard InChI is InChI=1S/C21H25N5O3/c1-2-14-10-6-7-11-26(14)21-24-18-17(20(29)25-21)15(12-16(27)23-18)19(28)22-13-8-4-3-5-9-13/h3-5,8-9,14-15H,2,6-7,10-12H2,1H3,(H,22,28)(H2,23,24,25,27,29). The lowest BCUT2D eigenvalue weighted by atomic mass is 9.92. The minimum atomic E-state index is -0.882. The van der Waals surface area contributed by atoms with Crippen molar-refractivity contribution in [1.82, 2.24) is 9.97 Å². The summed E-state index contributed by atoms with van der Waals surface area (Å²) in [6, 6.07) is 9.28. The maximum Gasteiger partial charge on any atom is 0.258 e. The van der Waals surface area contributed by atoms with Gasteiger partial charge >= 0.3 is 0 Å². The molecule has 2 aliphatic rings. The van der Waals surface area contributed by atoms with Crippen molar-refractivity contribution in [1.29, 1.82) is 0 Å². The molecule has 3 N–H and O–H groups in total. The molecule has 0 aliphatic carbocycles. The number of aromatic nitrogens is 2. The molecule has 2 aromatic rings. The predicted octanol–water partition coefficient (Wildman–Crippen LogP) is 2.60. The summed E-state index contributed by atoms with van der Waals surface area (Å²) in [6.07, 6.45) is 4.10. The summed E-state index contributed by atoms with van der Waals surface area (Å²) in [4.78, 5) is 47.5. The van der Waals surface area contributed by atoms with Crippen molar-refractivity contribution in [3.8, 4) is 0 Å². The summed E-state index contributed by atoms with van der Waals surface area (Å²) in [7, 11) is 0. The van der Waals surface area contributed by atoms with E-state index in [-0.39, 0.29) is 29.3 Å². The molecule has 1 aromatic carbocycles. The van der Waals surface area contributed by atoms with Crippen molar-refractivity contribution in [2.24, 2.45) is 0 Å². The molecule has 0 radical (unpaired) electrons. The molecule has 0 bridgehead atoms. The van der Waals surface area contributed by atoms with Crippen molar-refractivity contribution < 1.29 is 9.59 Å². The zero-order valence-electron chi connectivity index (χ0n) is 16.4. The average Bonchev–Trinajstić information content (AvgIpc) is 2.73. The zero-order chi connectivity index (χ0) is 20.4. The number of fused-ring (bicyclic) bond motifs is 1. The molecule has 1 aromatic heterocycles. The second-order valence-corrected chi connectivity index (χ2v) is 7.56. The van der Waals surface area contributed by atoms with Crippen molar-refractivity contribution >= 4 is 29.3 Å². The molecule has 8 nitrogen and oxygen atoms in total. The molecule has 0 spiro atoms. The Labute approximate surface area is 168 Å². The highest BCUT2D eigenvalue weighted by atomic mass is 16.2. The third-order valence-electron chi connectivity index (χ3n) is 5.67. The van der Waals surface area contributed by atoms with Crippen LogP contribution in [0.5, 0.6) is 0 Å². The summed E-state index contributed by atoms with van der Waals surface area (Å²) < 4.78 is 0. The van der Waals surface area contributed by atoms with Gasteiger partial charge in [-0.1, -0.05) is 25.1 Å². The fourth-order valence-corrected chi connectivity index (χ4v) is 4.17. The number of hydrogen-bond donors (Lipinski definition) is 3. The molecule has 2 atom stereocenters. The highest BCUT2D eigenvalue weighted by molar-refractivity contribution is 6.04. The minimum Gasteiger partial charge on any atom is -0.339 e. The Morgan fingerprint density at radius 1 is 1.24 bits per heavy atom. The fourth-order valence-electron chi connectivity index (χ4n) is 4.17. The minimum absolute atomic E-state index is 0.0862. The van der Waals surface area contributed by atoms with Crippen LogP contribution in [0.4, 0.5) is 17.5 Å². The summed E-state index contributed by atoms with van der Waals surface area (Å²) in [5, 5.41) is 5.47. The van der Waals surface area contributed by atoms with Gasteiger partial charge in [0.2, 0.25) is 17.8 Å². The number of nitrogens with one attached hydrogen (secondary N) is 3. The van der Waals surface area contributed by atoms with E-state index in [4.69, 9.17) is 0 Å². The lowest BCUT2D eigenvalue weighted by Crippen LogP contribution is -2.43. The van der Waals surface area contributed by atoms with E-state index in [1.54, 1.807) is 24.3 Å². The fraction of sp³-hybridized carbons (Fsp3) is 0.429. The second-order valence-electron chi connectivity index (χ2n) is 7.56. The first-order chi connectivity index (χ1) is 14.1. The molecule has 1 saturated heterocycles. The number of rotatable bonds is 4. The van der Waals surface area contributed by atoms with Crippen LogP contribution in [0.15, 0.2) is 35.1 Å². The van der Waals surface area contributed by atoms with E-state index in [0.29, 0.717) is 17.7 Å². The molecular formula is C21H25N5O3. The predicted molar refractivity (Wildman–Crippen MR) is 111 cm³/mol. The van der Waals surface area contributed by atoms with Crippen molar-refractivity contribution in [3.05, 3.63) is 46.2 Å². The monoisotopic (exact) mass is 395 g/mol. The van der Waals surface area contributed by atoms with Crippen LogP contribution in [-0.2, 0) is 9.59 Å². The Morgan fingerprint density at radius 2 is 2.03 bits per heavy atom. The number of nitrogens with zero attached hydrogens (tertiary/aromatic N) is 2. The number of aromatic amines is 1. The highest BCUT2D eigenvalue weighted by Crippen LogP contribution is 2.31. The second kappa shape index (κ2) is 8.06. The molecule has 2 amide bonds. The zero-order valence-corrected chi connectivity index (χ0v) is 16.4. The first kappa shape index (κ1) is 19.2. The summed E-state index contributed by atoms with van der Waals surface area (Å²) >= 11 is 0. The van der Waals surface area contributed by atoms with Crippen molar-refractivity contribution in [3.63, 3.8) is 0 Å². The third kappa shape index (κ3) is 3.87. The SMILES string of the molecule is CCC1CCCCN1c1nc2c(c(=O)[nH]1)C(C(=O)Nc1ccccc1)CC(=O)N2. The van der Waals surface area contributed by atoms with Gasteiger partial charge in [0.15, 0.2) is 0 Å². The van der Waals surface area contributed by atoms with Gasteiger partial charge in [-0.3, -0.25) is 19.4 Å². The largest absolute Gasteiger partial charge is 0.339 e. The van der Waals surface area contributed by atoms with Crippen molar-refractivity contribution in [2.75, 3.05) is 22.1 Å². The average molecular weight is 395 g/mol. The van der Waals surface area contributed by atoms with E-state index in [1.807, 2.05) is 6.07 Å². The molecule has 1 fully saturated rings. The Hall–Kier alpha value is -3.16. The number of para-hydroxylation sites is 1.